The summed E-state index contributed by atoms with van der Waals surface area (Å²) in [5, 5.41) is 17.4. The van der Waals surface area contributed by atoms with Crippen LogP contribution in [0.25, 0.3) is 0 Å². The molecule has 1 aromatic heterocycles. The molecule has 1 fully saturated rings. The Morgan fingerprint density at radius 1 is 1.17 bits per heavy atom. The lowest BCUT2D eigenvalue weighted by molar-refractivity contribution is 0.0240. The first-order valence-electron chi connectivity index (χ1n) is 7.32. The molecule has 1 amide bonds. The summed E-state index contributed by atoms with van der Waals surface area (Å²) in [6, 6.07) is 0. The van der Waals surface area contributed by atoms with Gasteiger partial charge in [-0.3, -0.25) is 0 Å². The van der Waals surface area contributed by atoms with Crippen molar-refractivity contribution in [2.24, 2.45) is 0 Å². The molecule has 9 nitrogen and oxygen atoms in total. The van der Waals surface area contributed by atoms with Crippen molar-refractivity contribution >= 4 is 19.4 Å². The van der Waals surface area contributed by atoms with E-state index in [1.807, 2.05) is 25.7 Å². The summed E-state index contributed by atoms with van der Waals surface area (Å²) in [5.74, 6) is 0.657. The van der Waals surface area contributed by atoms with Gasteiger partial charge in [0.15, 0.2) is 0 Å². The highest BCUT2D eigenvalue weighted by molar-refractivity contribution is 6.33. The van der Waals surface area contributed by atoms with Crippen molar-refractivity contribution in [3.05, 3.63) is 12.4 Å². The summed E-state index contributed by atoms with van der Waals surface area (Å²) >= 11 is 0. The van der Waals surface area contributed by atoms with Crippen LogP contribution in [0, 0.1) is 0 Å². The Kier molecular flexibility index (Phi) is 5.27. The van der Waals surface area contributed by atoms with Crippen molar-refractivity contribution in [3.8, 4) is 5.75 Å². The minimum atomic E-state index is -1.90. The van der Waals surface area contributed by atoms with Crippen LogP contribution >= 0.6 is 0 Å². The number of hydrogen-bond donors (Lipinski definition) is 2. The Hall–Kier alpha value is -2.07. The van der Waals surface area contributed by atoms with Gasteiger partial charge in [0.05, 0.1) is 12.4 Å². The second-order valence-corrected chi connectivity index (χ2v) is 6.12. The van der Waals surface area contributed by atoms with Crippen LogP contribution in [0.5, 0.6) is 5.75 Å². The molecule has 0 saturated carbocycles. The van der Waals surface area contributed by atoms with Gasteiger partial charge < -0.3 is 29.2 Å². The van der Waals surface area contributed by atoms with E-state index in [1.165, 1.54) is 12.4 Å². The molecule has 0 atom stereocenters. The molecule has 1 saturated heterocycles. The van der Waals surface area contributed by atoms with Gasteiger partial charge in [-0.1, -0.05) is 0 Å². The average Bonchev–Trinajstić information content (AvgIpc) is 2.46. The SMILES string of the molecule is CC(C)(C)OC(=O)N1CCN(c2ncc(OB(O)O)cn2)CC1. The molecule has 0 unspecified atom stereocenters. The molecular weight excluding hydrogens is 303 g/mol. The minimum absolute atomic E-state index is 0.163. The monoisotopic (exact) mass is 324 g/mol. The molecule has 0 spiro atoms. The number of anilines is 1. The summed E-state index contributed by atoms with van der Waals surface area (Å²) in [6.07, 6.45) is 2.41. The Morgan fingerprint density at radius 3 is 2.22 bits per heavy atom. The number of aromatic nitrogens is 2. The molecule has 1 aliphatic rings. The van der Waals surface area contributed by atoms with Crippen molar-refractivity contribution < 1.29 is 24.2 Å². The highest BCUT2D eigenvalue weighted by Gasteiger charge is 2.26. The molecule has 1 aliphatic heterocycles. The average molecular weight is 324 g/mol. The Balaban J connectivity index is 1.88. The summed E-state index contributed by atoms with van der Waals surface area (Å²) in [6.45, 7) is 7.72. The molecule has 0 aromatic carbocycles. The van der Waals surface area contributed by atoms with E-state index >= 15 is 0 Å². The second kappa shape index (κ2) is 7.01. The number of rotatable bonds is 3. The fourth-order valence-corrected chi connectivity index (χ4v) is 2.07. The number of carbonyl (C=O) groups is 1. The van der Waals surface area contributed by atoms with E-state index in [0.717, 1.165) is 0 Å². The number of nitrogens with zero attached hydrogens (tertiary/aromatic N) is 4. The third-order valence-corrected chi connectivity index (χ3v) is 3.07. The van der Waals surface area contributed by atoms with Gasteiger partial charge in [-0.05, 0) is 20.8 Å². The highest BCUT2D eigenvalue weighted by Crippen LogP contribution is 2.16. The Labute approximate surface area is 135 Å². The molecule has 0 radical (unpaired) electrons. The van der Waals surface area contributed by atoms with Gasteiger partial charge in [0, 0.05) is 26.2 Å². The summed E-state index contributed by atoms with van der Waals surface area (Å²) < 4.78 is 9.99. The van der Waals surface area contributed by atoms with Gasteiger partial charge in [-0.2, -0.15) is 0 Å². The van der Waals surface area contributed by atoms with E-state index in [1.54, 1.807) is 4.90 Å². The van der Waals surface area contributed by atoms with Crippen molar-refractivity contribution in [2.45, 2.75) is 26.4 Å². The molecular formula is C13H21BN4O5. The standard InChI is InChI=1S/C13H21BN4O5/c1-13(2,3)22-12(19)18-6-4-17(5-7-18)11-15-8-10(9-16-11)23-14(20)21/h8-9,20-21H,4-7H2,1-3H3. The lowest BCUT2D eigenvalue weighted by Crippen LogP contribution is -2.50. The van der Waals surface area contributed by atoms with E-state index in [-0.39, 0.29) is 11.8 Å². The maximum atomic E-state index is 12.0. The van der Waals surface area contributed by atoms with Gasteiger partial charge >= 0.3 is 13.4 Å². The predicted octanol–water partition coefficient (Wildman–Crippen LogP) is -0.118. The quantitative estimate of drug-likeness (QED) is 0.741. The van der Waals surface area contributed by atoms with Gasteiger partial charge in [0.25, 0.3) is 0 Å². The second-order valence-electron chi connectivity index (χ2n) is 6.12. The van der Waals surface area contributed by atoms with E-state index in [4.69, 9.17) is 14.8 Å². The van der Waals surface area contributed by atoms with E-state index in [0.29, 0.717) is 32.1 Å². The number of carbonyl (C=O) groups excluding carboxylic acids is 1. The van der Waals surface area contributed by atoms with Crippen LogP contribution in [0.15, 0.2) is 12.4 Å². The van der Waals surface area contributed by atoms with E-state index < -0.39 is 12.9 Å². The maximum Gasteiger partial charge on any atom is 0.707 e. The van der Waals surface area contributed by atoms with E-state index in [9.17, 15) is 4.79 Å². The van der Waals surface area contributed by atoms with Gasteiger partial charge in [-0.15, -0.1) is 0 Å². The molecule has 10 heteroatoms. The summed E-state index contributed by atoms with van der Waals surface area (Å²) in [7, 11) is -1.90. The first-order valence-corrected chi connectivity index (χ1v) is 7.32. The van der Waals surface area contributed by atoms with Crippen LogP contribution in [0.3, 0.4) is 0 Å². The van der Waals surface area contributed by atoms with Gasteiger partial charge in [0.2, 0.25) is 5.95 Å². The number of amides is 1. The molecule has 2 N–H and O–H groups in total. The van der Waals surface area contributed by atoms with Crippen LogP contribution in [0.1, 0.15) is 20.8 Å². The van der Waals surface area contributed by atoms with Crippen LogP contribution in [-0.2, 0) is 4.74 Å². The smallest absolute Gasteiger partial charge is 0.509 e. The van der Waals surface area contributed by atoms with Gasteiger partial charge in [-0.25, -0.2) is 14.8 Å². The molecule has 2 heterocycles. The normalized spacial score (nSPS) is 15.3. The predicted molar refractivity (Wildman–Crippen MR) is 82.9 cm³/mol. The molecule has 126 valence electrons. The van der Waals surface area contributed by atoms with Crippen molar-refractivity contribution in [2.75, 3.05) is 31.1 Å². The van der Waals surface area contributed by atoms with Crippen molar-refractivity contribution in [3.63, 3.8) is 0 Å². The first-order chi connectivity index (χ1) is 10.7. The molecule has 0 bridgehead atoms. The third kappa shape index (κ3) is 5.25. The number of hydrogen-bond acceptors (Lipinski definition) is 8. The maximum absolute atomic E-state index is 12.0. The number of ether oxygens (including phenoxy) is 1. The lowest BCUT2D eigenvalue weighted by Gasteiger charge is -2.35. The summed E-state index contributed by atoms with van der Waals surface area (Å²) in [5.41, 5.74) is -0.509. The zero-order valence-electron chi connectivity index (χ0n) is 13.5. The number of piperazine rings is 1. The highest BCUT2D eigenvalue weighted by atomic mass is 16.6. The van der Waals surface area contributed by atoms with Crippen molar-refractivity contribution in [1.29, 1.82) is 0 Å². The van der Waals surface area contributed by atoms with Crippen LogP contribution in [0.2, 0.25) is 0 Å². The molecule has 2 rings (SSSR count). The Bertz CT molecular complexity index is 526. The fourth-order valence-electron chi connectivity index (χ4n) is 2.07. The third-order valence-electron chi connectivity index (χ3n) is 3.07. The molecule has 23 heavy (non-hydrogen) atoms. The van der Waals surface area contributed by atoms with Gasteiger partial charge in [0.1, 0.15) is 11.4 Å². The fraction of sp³-hybridized carbons (Fsp3) is 0.615. The molecule has 1 aromatic rings. The minimum Gasteiger partial charge on any atom is -0.509 e. The zero-order chi connectivity index (χ0) is 17.0. The largest absolute Gasteiger partial charge is 0.707 e. The Morgan fingerprint density at radius 2 is 1.74 bits per heavy atom. The molecule has 0 aliphatic carbocycles. The van der Waals surface area contributed by atoms with Crippen LogP contribution in [0.4, 0.5) is 10.7 Å². The lowest BCUT2D eigenvalue weighted by atomic mass is 10.2. The topological polar surface area (TPSA) is 108 Å². The van der Waals surface area contributed by atoms with Crippen molar-refractivity contribution in [1.82, 2.24) is 14.9 Å². The zero-order valence-corrected chi connectivity index (χ0v) is 13.5. The summed E-state index contributed by atoms with van der Waals surface area (Å²) in [4.78, 5) is 23.8. The van der Waals surface area contributed by atoms with Crippen LogP contribution < -0.4 is 9.55 Å². The van der Waals surface area contributed by atoms with E-state index in [2.05, 4.69) is 14.6 Å². The first kappa shape index (κ1) is 17.3. The van der Waals surface area contributed by atoms with Crippen LogP contribution in [-0.4, -0.2) is 70.1 Å².